The van der Waals surface area contributed by atoms with Crippen molar-refractivity contribution in [3.05, 3.63) is 0 Å². The second kappa shape index (κ2) is 7.66. The molecule has 1 aliphatic rings. The van der Waals surface area contributed by atoms with Crippen LogP contribution in [0.2, 0.25) is 0 Å². The smallest absolute Gasteiger partial charge is 0.220 e. The Labute approximate surface area is 99.4 Å². The van der Waals surface area contributed by atoms with Gasteiger partial charge in [0.05, 0.1) is 0 Å². The van der Waals surface area contributed by atoms with E-state index >= 15 is 0 Å². The molecular formula is C13H26N2O. The third-order valence-corrected chi connectivity index (χ3v) is 3.39. The van der Waals surface area contributed by atoms with Crippen molar-refractivity contribution < 1.29 is 4.79 Å². The van der Waals surface area contributed by atoms with Crippen molar-refractivity contribution in [2.75, 3.05) is 19.6 Å². The summed E-state index contributed by atoms with van der Waals surface area (Å²) < 4.78 is 0. The monoisotopic (exact) mass is 226 g/mol. The standard InChI is InChI=1S/C13H26N2O/c1-3-14-7-8-15-13(16)10-12-6-4-5-11(2)9-12/h11-12,14H,3-10H2,1-2H3,(H,15,16). The molecule has 3 nitrogen and oxygen atoms in total. The van der Waals surface area contributed by atoms with Crippen molar-refractivity contribution in [3.8, 4) is 0 Å². The molecule has 3 heteroatoms. The second-order valence-corrected chi connectivity index (χ2v) is 5.05. The number of amides is 1. The van der Waals surface area contributed by atoms with Crippen LogP contribution in [0.3, 0.4) is 0 Å². The lowest BCUT2D eigenvalue weighted by Crippen LogP contribution is -2.33. The highest BCUT2D eigenvalue weighted by Gasteiger charge is 2.20. The molecule has 0 radical (unpaired) electrons. The van der Waals surface area contributed by atoms with Crippen LogP contribution in [0.1, 0.15) is 46.0 Å². The molecule has 0 spiro atoms. The molecule has 1 amide bonds. The average Bonchev–Trinajstić information content (AvgIpc) is 2.24. The molecule has 2 atom stereocenters. The van der Waals surface area contributed by atoms with Crippen LogP contribution in [-0.4, -0.2) is 25.5 Å². The summed E-state index contributed by atoms with van der Waals surface area (Å²) in [5, 5.41) is 6.18. The van der Waals surface area contributed by atoms with E-state index in [4.69, 9.17) is 0 Å². The van der Waals surface area contributed by atoms with Gasteiger partial charge in [-0.2, -0.15) is 0 Å². The molecule has 2 N–H and O–H groups in total. The minimum absolute atomic E-state index is 0.233. The summed E-state index contributed by atoms with van der Waals surface area (Å²) in [5.41, 5.74) is 0. The lowest BCUT2D eigenvalue weighted by atomic mass is 9.81. The highest BCUT2D eigenvalue weighted by molar-refractivity contribution is 5.76. The van der Waals surface area contributed by atoms with Crippen LogP contribution < -0.4 is 10.6 Å². The maximum atomic E-state index is 11.6. The molecule has 2 unspecified atom stereocenters. The Morgan fingerprint density at radius 2 is 2.12 bits per heavy atom. The molecule has 0 aromatic rings. The van der Waals surface area contributed by atoms with Crippen LogP contribution in [0.5, 0.6) is 0 Å². The van der Waals surface area contributed by atoms with Gasteiger partial charge in [0, 0.05) is 19.5 Å². The zero-order valence-electron chi connectivity index (χ0n) is 10.7. The normalized spacial score (nSPS) is 25.4. The van der Waals surface area contributed by atoms with Gasteiger partial charge in [0.1, 0.15) is 0 Å². The van der Waals surface area contributed by atoms with Crippen LogP contribution in [0.25, 0.3) is 0 Å². The van der Waals surface area contributed by atoms with Crippen molar-refractivity contribution in [2.24, 2.45) is 11.8 Å². The number of rotatable bonds is 6. The fourth-order valence-corrected chi connectivity index (χ4v) is 2.55. The first-order valence-electron chi connectivity index (χ1n) is 6.69. The van der Waals surface area contributed by atoms with Crippen molar-refractivity contribution in [3.63, 3.8) is 0 Å². The van der Waals surface area contributed by atoms with Gasteiger partial charge in [-0.05, 0) is 31.2 Å². The van der Waals surface area contributed by atoms with E-state index in [0.717, 1.165) is 32.0 Å². The summed E-state index contributed by atoms with van der Waals surface area (Å²) in [7, 11) is 0. The molecule has 1 fully saturated rings. The Hall–Kier alpha value is -0.570. The van der Waals surface area contributed by atoms with Crippen molar-refractivity contribution in [1.82, 2.24) is 10.6 Å². The van der Waals surface area contributed by atoms with Crippen LogP contribution in [0, 0.1) is 11.8 Å². The third kappa shape index (κ3) is 5.50. The molecule has 1 rings (SSSR count). The molecule has 16 heavy (non-hydrogen) atoms. The van der Waals surface area contributed by atoms with Gasteiger partial charge in [-0.3, -0.25) is 4.79 Å². The Morgan fingerprint density at radius 3 is 2.81 bits per heavy atom. The predicted octanol–water partition coefficient (Wildman–Crippen LogP) is 1.93. The lowest BCUT2D eigenvalue weighted by Gasteiger charge is -2.26. The van der Waals surface area contributed by atoms with Crippen molar-refractivity contribution in [1.29, 1.82) is 0 Å². The van der Waals surface area contributed by atoms with Crippen molar-refractivity contribution in [2.45, 2.75) is 46.0 Å². The van der Waals surface area contributed by atoms with E-state index in [1.165, 1.54) is 25.7 Å². The zero-order valence-corrected chi connectivity index (χ0v) is 10.7. The predicted molar refractivity (Wildman–Crippen MR) is 67.3 cm³/mol. The molecule has 0 bridgehead atoms. The van der Waals surface area contributed by atoms with Crippen LogP contribution in [0.4, 0.5) is 0 Å². The first-order chi connectivity index (χ1) is 7.72. The Kier molecular flexibility index (Phi) is 6.46. The van der Waals surface area contributed by atoms with Gasteiger partial charge in [-0.1, -0.05) is 26.7 Å². The fourth-order valence-electron chi connectivity index (χ4n) is 2.55. The highest BCUT2D eigenvalue weighted by atomic mass is 16.1. The summed E-state index contributed by atoms with van der Waals surface area (Å²) in [6, 6.07) is 0. The molecule has 0 saturated heterocycles. The number of carbonyl (C=O) groups excluding carboxylic acids is 1. The summed E-state index contributed by atoms with van der Waals surface area (Å²) >= 11 is 0. The molecule has 1 aliphatic carbocycles. The number of nitrogens with one attached hydrogen (secondary N) is 2. The van der Waals surface area contributed by atoms with Gasteiger partial charge in [0.2, 0.25) is 5.91 Å². The first kappa shape index (κ1) is 13.5. The minimum Gasteiger partial charge on any atom is -0.355 e. The lowest BCUT2D eigenvalue weighted by molar-refractivity contribution is -0.122. The van der Waals surface area contributed by atoms with Gasteiger partial charge in [0.25, 0.3) is 0 Å². The molecule has 94 valence electrons. The van der Waals surface area contributed by atoms with Crippen molar-refractivity contribution >= 4 is 5.91 Å². The number of hydrogen-bond acceptors (Lipinski definition) is 2. The van der Waals surface area contributed by atoms with E-state index in [-0.39, 0.29) is 5.91 Å². The maximum Gasteiger partial charge on any atom is 0.220 e. The number of likely N-dealkylation sites (N-methyl/N-ethyl adjacent to an activating group) is 1. The molecular weight excluding hydrogens is 200 g/mol. The Balaban J connectivity index is 2.08. The summed E-state index contributed by atoms with van der Waals surface area (Å²) in [5.74, 6) is 1.67. The van der Waals surface area contributed by atoms with Gasteiger partial charge in [-0.15, -0.1) is 0 Å². The SMILES string of the molecule is CCNCCNC(=O)CC1CCCC(C)C1. The molecule has 0 aromatic heterocycles. The molecule has 0 aliphatic heterocycles. The fraction of sp³-hybridized carbons (Fsp3) is 0.923. The Morgan fingerprint density at radius 1 is 1.31 bits per heavy atom. The van der Waals surface area contributed by atoms with E-state index in [0.29, 0.717) is 5.92 Å². The van der Waals surface area contributed by atoms with E-state index in [1.807, 2.05) is 0 Å². The number of hydrogen-bond donors (Lipinski definition) is 2. The van der Waals surface area contributed by atoms with E-state index in [1.54, 1.807) is 0 Å². The van der Waals surface area contributed by atoms with E-state index in [2.05, 4.69) is 24.5 Å². The van der Waals surface area contributed by atoms with E-state index < -0.39 is 0 Å². The molecule has 0 heterocycles. The maximum absolute atomic E-state index is 11.6. The number of carbonyl (C=O) groups is 1. The van der Waals surface area contributed by atoms with Crippen LogP contribution in [0.15, 0.2) is 0 Å². The molecule has 1 saturated carbocycles. The molecule has 0 aromatic carbocycles. The highest BCUT2D eigenvalue weighted by Crippen LogP contribution is 2.30. The van der Waals surface area contributed by atoms with Gasteiger partial charge < -0.3 is 10.6 Å². The van der Waals surface area contributed by atoms with Gasteiger partial charge in [0.15, 0.2) is 0 Å². The average molecular weight is 226 g/mol. The first-order valence-corrected chi connectivity index (χ1v) is 6.69. The largest absolute Gasteiger partial charge is 0.355 e. The quantitative estimate of drug-likeness (QED) is 0.679. The second-order valence-electron chi connectivity index (χ2n) is 5.05. The summed E-state index contributed by atoms with van der Waals surface area (Å²) in [6.45, 7) is 6.98. The van der Waals surface area contributed by atoms with E-state index in [9.17, 15) is 4.79 Å². The summed E-state index contributed by atoms with van der Waals surface area (Å²) in [6.07, 6.45) is 5.86. The van der Waals surface area contributed by atoms with Gasteiger partial charge in [-0.25, -0.2) is 0 Å². The van der Waals surface area contributed by atoms with Crippen LogP contribution in [-0.2, 0) is 4.79 Å². The zero-order chi connectivity index (χ0) is 11.8. The summed E-state index contributed by atoms with van der Waals surface area (Å²) in [4.78, 5) is 11.6. The van der Waals surface area contributed by atoms with Crippen LogP contribution >= 0.6 is 0 Å². The third-order valence-electron chi connectivity index (χ3n) is 3.39. The van der Waals surface area contributed by atoms with Gasteiger partial charge >= 0.3 is 0 Å². The topological polar surface area (TPSA) is 41.1 Å². The minimum atomic E-state index is 0.233. The Bertz CT molecular complexity index is 206.